The topological polar surface area (TPSA) is 83.8 Å². The van der Waals surface area contributed by atoms with E-state index in [1.807, 2.05) is 24.3 Å². The van der Waals surface area contributed by atoms with Crippen LogP contribution in [0.3, 0.4) is 0 Å². The van der Waals surface area contributed by atoms with Gasteiger partial charge in [-0.15, -0.1) is 11.3 Å². The van der Waals surface area contributed by atoms with Crippen molar-refractivity contribution in [3.63, 3.8) is 0 Å². The van der Waals surface area contributed by atoms with Gasteiger partial charge in [0.15, 0.2) is 0 Å². The molecular formula is C16H14O5S. The molecule has 114 valence electrons. The number of rotatable bonds is 6. The van der Waals surface area contributed by atoms with Gasteiger partial charge < -0.3 is 14.9 Å². The van der Waals surface area contributed by atoms with Gasteiger partial charge in [-0.25, -0.2) is 4.79 Å². The first-order chi connectivity index (χ1) is 10.5. The third-order valence-corrected chi connectivity index (χ3v) is 3.94. The highest BCUT2D eigenvalue weighted by atomic mass is 32.1. The lowest BCUT2D eigenvalue weighted by Crippen LogP contribution is -2.09. The molecule has 0 aliphatic carbocycles. The van der Waals surface area contributed by atoms with Crippen LogP contribution in [0.5, 0.6) is 5.75 Å². The van der Waals surface area contributed by atoms with Crippen LogP contribution >= 0.6 is 11.3 Å². The summed E-state index contributed by atoms with van der Waals surface area (Å²) < 4.78 is 5.09. The van der Waals surface area contributed by atoms with Crippen LogP contribution < -0.4 is 4.74 Å². The summed E-state index contributed by atoms with van der Waals surface area (Å²) in [5.41, 5.74) is 1.48. The predicted octanol–water partition coefficient (Wildman–Crippen LogP) is 2.90. The summed E-state index contributed by atoms with van der Waals surface area (Å²) >= 11 is 1.43. The zero-order valence-corrected chi connectivity index (χ0v) is 12.6. The molecule has 0 amide bonds. The maximum absolute atomic E-state index is 11.1. The van der Waals surface area contributed by atoms with Crippen LogP contribution in [0.4, 0.5) is 0 Å². The smallest absolute Gasteiger partial charge is 0.376 e. The monoisotopic (exact) mass is 318 g/mol. The van der Waals surface area contributed by atoms with Crippen molar-refractivity contribution in [3.05, 3.63) is 57.8 Å². The van der Waals surface area contributed by atoms with Crippen LogP contribution in [0.15, 0.2) is 41.8 Å². The second-order valence-corrected chi connectivity index (χ2v) is 5.48. The van der Waals surface area contributed by atoms with Crippen molar-refractivity contribution in [3.8, 4) is 5.75 Å². The fraction of sp³-hybridized carbons (Fsp3) is 0.125. The molecule has 22 heavy (non-hydrogen) atoms. The number of aliphatic carboxylic acids is 1. The first-order valence-corrected chi connectivity index (χ1v) is 7.27. The fourth-order valence-corrected chi connectivity index (χ4v) is 2.82. The quantitative estimate of drug-likeness (QED) is 0.486. The van der Waals surface area contributed by atoms with Crippen molar-refractivity contribution in [2.24, 2.45) is 0 Å². The van der Waals surface area contributed by atoms with E-state index in [0.29, 0.717) is 12.0 Å². The molecule has 6 heteroatoms. The van der Waals surface area contributed by atoms with E-state index >= 15 is 0 Å². The molecule has 5 nitrogen and oxygen atoms in total. The first kappa shape index (κ1) is 15.8. The average molecular weight is 318 g/mol. The average Bonchev–Trinajstić information content (AvgIpc) is 2.96. The highest BCUT2D eigenvalue weighted by molar-refractivity contribution is 7.10. The molecule has 0 saturated carbocycles. The third-order valence-electron chi connectivity index (χ3n) is 3.02. The van der Waals surface area contributed by atoms with E-state index in [-0.39, 0.29) is 5.76 Å². The van der Waals surface area contributed by atoms with Gasteiger partial charge >= 0.3 is 5.97 Å². The molecule has 1 aromatic carbocycles. The van der Waals surface area contributed by atoms with E-state index < -0.39 is 11.8 Å². The van der Waals surface area contributed by atoms with Crippen molar-refractivity contribution in [1.29, 1.82) is 0 Å². The summed E-state index contributed by atoms with van der Waals surface area (Å²) in [4.78, 5) is 22.5. The summed E-state index contributed by atoms with van der Waals surface area (Å²) in [5, 5.41) is 20.3. The van der Waals surface area contributed by atoms with Gasteiger partial charge in [0.05, 0.1) is 7.11 Å². The molecule has 0 spiro atoms. The van der Waals surface area contributed by atoms with Crippen LogP contribution in [-0.4, -0.2) is 29.1 Å². The van der Waals surface area contributed by atoms with E-state index in [4.69, 9.17) is 9.84 Å². The van der Waals surface area contributed by atoms with E-state index in [9.17, 15) is 14.7 Å². The highest BCUT2D eigenvalue weighted by Crippen LogP contribution is 2.26. The number of carbonyl (C=O) groups is 2. The van der Waals surface area contributed by atoms with Crippen molar-refractivity contribution >= 4 is 28.8 Å². The molecule has 2 aromatic rings. The summed E-state index contributed by atoms with van der Waals surface area (Å²) in [6, 6.07) is 9.15. The van der Waals surface area contributed by atoms with Crippen molar-refractivity contribution < 1.29 is 24.5 Å². The number of ketones is 1. The minimum Gasteiger partial charge on any atom is -0.507 e. The summed E-state index contributed by atoms with van der Waals surface area (Å²) in [7, 11) is 1.59. The van der Waals surface area contributed by atoms with E-state index in [1.165, 1.54) is 11.3 Å². The van der Waals surface area contributed by atoms with Gasteiger partial charge in [-0.1, -0.05) is 12.1 Å². The Kier molecular flexibility index (Phi) is 4.95. The molecule has 0 atom stereocenters. The Morgan fingerprint density at radius 1 is 1.18 bits per heavy atom. The molecule has 0 bridgehead atoms. The van der Waals surface area contributed by atoms with Gasteiger partial charge in [0, 0.05) is 22.9 Å². The SMILES string of the molecule is COc1ccc(Cc2sccc2C(O)=CC(=O)C(=O)O)cc1. The Bertz CT molecular complexity index is 712. The number of hydrogen-bond acceptors (Lipinski definition) is 5. The molecule has 0 aliphatic heterocycles. The molecule has 0 fully saturated rings. The first-order valence-electron chi connectivity index (χ1n) is 6.39. The molecule has 0 aliphatic rings. The van der Waals surface area contributed by atoms with Gasteiger partial charge in [0.2, 0.25) is 0 Å². The Balaban J connectivity index is 2.21. The number of carboxylic acids is 1. The standard InChI is InChI=1S/C16H14O5S/c1-21-11-4-2-10(3-5-11)8-15-12(6-7-22-15)13(17)9-14(18)16(19)20/h2-7,9,17H,8H2,1H3,(H,19,20). The number of carbonyl (C=O) groups excluding carboxylic acids is 1. The van der Waals surface area contributed by atoms with E-state index in [2.05, 4.69) is 0 Å². The molecule has 1 heterocycles. The fourth-order valence-electron chi connectivity index (χ4n) is 1.90. The zero-order valence-electron chi connectivity index (χ0n) is 11.8. The molecule has 1 aromatic heterocycles. The molecule has 0 radical (unpaired) electrons. The van der Waals surface area contributed by atoms with Crippen LogP contribution in [0.2, 0.25) is 0 Å². The number of aliphatic hydroxyl groups excluding tert-OH is 1. The number of ether oxygens (including phenoxy) is 1. The lowest BCUT2D eigenvalue weighted by atomic mass is 10.1. The summed E-state index contributed by atoms with van der Waals surface area (Å²) in [5.74, 6) is -2.33. The molecule has 0 saturated heterocycles. The Morgan fingerprint density at radius 3 is 2.45 bits per heavy atom. The van der Waals surface area contributed by atoms with E-state index in [0.717, 1.165) is 22.3 Å². The van der Waals surface area contributed by atoms with Crippen LogP contribution in [-0.2, 0) is 16.0 Å². The van der Waals surface area contributed by atoms with Crippen LogP contribution in [0.1, 0.15) is 16.0 Å². The van der Waals surface area contributed by atoms with Crippen LogP contribution in [0, 0.1) is 0 Å². The minimum atomic E-state index is -1.60. The largest absolute Gasteiger partial charge is 0.507 e. The number of carboxylic acid groups (broad SMARTS) is 1. The van der Waals surface area contributed by atoms with Gasteiger partial charge in [-0.05, 0) is 29.1 Å². The lowest BCUT2D eigenvalue weighted by molar-refractivity contribution is -0.146. The number of methoxy groups -OCH3 is 1. The number of benzene rings is 1. The molecular weight excluding hydrogens is 304 g/mol. The Hall–Kier alpha value is -2.60. The van der Waals surface area contributed by atoms with Gasteiger partial charge in [-0.3, -0.25) is 4.79 Å². The normalized spacial score (nSPS) is 11.2. The van der Waals surface area contributed by atoms with E-state index in [1.54, 1.807) is 18.6 Å². The van der Waals surface area contributed by atoms with Crippen LogP contribution in [0.25, 0.3) is 5.76 Å². The zero-order chi connectivity index (χ0) is 16.1. The lowest BCUT2D eigenvalue weighted by Gasteiger charge is -2.05. The third kappa shape index (κ3) is 3.73. The molecule has 0 unspecified atom stereocenters. The van der Waals surface area contributed by atoms with Gasteiger partial charge in [-0.2, -0.15) is 0 Å². The van der Waals surface area contributed by atoms with Gasteiger partial charge in [0.1, 0.15) is 11.5 Å². The highest BCUT2D eigenvalue weighted by Gasteiger charge is 2.14. The molecule has 2 N–H and O–H groups in total. The van der Waals surface area contributed by atoms with Gasteiger partial charge in [0.25, 0.3) is 5.78 Å². The summed E-state index contributed by atoms with van der Waals surface area (Å²) in [6.45, 7) is 0. The van der Waals surface area contributed by atoms with Crippen molar-refractivity contribution in [2.75, 3.05) is 7.11 Å². The Morgan fingerprint density at radius 2 is 1.86 bits per heavy atom. The van der Waals surface area contributed by atoms with Crippen molar-refractivity contribution in [2.45, 2.75) is 6.42 Å². The summed E-state index contributed by atoms with van der Waals surface area (Å²) in [6.07, 6.45) is 1.29. The second kappa shape index (κ2) is 6.91. The predicted molar refractivity (Wildman–Crippen MR) is 83.4 cm³/mol. The maximum atomic E-state index is 11.1. The number of thiophene rings is 1. The minimum absolute atomic E-state index is 0.336. The second-order valence-electron chi connectivity index (χ2n) is 4.48. The number of aliphatic hydroxyl groups is 1. The Labute approximate surface area is 131 Å². The van der Waals surface area contributed by atoms with Crippen molar-refractivity contribution in [1.82, 2.24) is 0 Å². The maximum Gasteiger partial charge on any atom is 0.376 e. The number of hydrogen-bond donors (Lipinski definition) is 2. The molecule has 2 rings (SSSR count).